The van der Waals surface area contributed by atoms with Gasteiger partial charge in [0.05, 0.1) is 13.2 Å². The summed E-state index contributed by atoms with van der Waals surface area (Å²) >= 11 is 0. The number of esters is 2. The molecule has 0 radical (unpaired) electrons. The largest absolute Gasteiger partial charge is 0.462 e. The first kappa shape index (κ1) is 46.7. The Hall–Kier alpha value is -2.34. The normalized spacial score (nSPS) is 21.7. The zero-order chi connectivity index (χ0) is 37.4. The molecule has 4 N–H and O–H groups in total. The predicted molar refractivity (Wildman–Crippen MR) is 201 cm³/mol. The fraction of sp³-hybridized carbons (Fsp3) is 0.756. The maximum absolute atomic E-state index is 12.7. The van der Waals surface area contributed by atoms with Crippen molar-refractivity contribution in [1.29, 1.82) is 0 Å². The summed E-state index contributed by atoms with van der Waals surface area (Å²) in [4.78, 5) is 25.2. The summed E-state index contributed by atoms with van der Waals surface area (Å²) in [6, 6.07) is 0. The van der Waals surface area contributed by atoms with Crippen molar-refractivity contribution in [2.24, 2.45) is 0 Å². The number of hydrogen-bond acceptors (Lipinski definition) is 10. The molecular formula is C41H70O10. The quantitative estimate of drug-likeness (QED) is 0.0325. The molecule has 1 rings (SSSR count). The van der Waals surface area contributed by atoms with E-state index in [-0.39, 0.29) is 26.1 Å². The van der Waals surface area contributed by atoms with Crippen LogP contribution in [0.15, 0.2) is 48.6 Å². The van der Waals surface area contributed by atoms with Crippen LogP contribution in [-0.2, 0) is 28.5 Å². The fourth-order valence-corrected chi connectivity index (χ4v) is 5.53. The van der Waals surface area contributed by atoms with Crippen molar-refractivity contribution in [1.82, 2.24) is 0 Å². The second-order valence-corrected chi connectivity index (χ2v) is 13.3. The zero-order valence-corrected chi connectivity index (χ0v) is 31.6. The van der Waals surface area contributed by atoms with Gasteiger partial charge in [-0.25, -0.2) is 0 Å². The monoisotopic (exact) mass is 722 g/mol. The number of aliphatic hydroxyl groups excluding tert-OH is 4. The van der Waals surface area contributed by atoms with Gasteiger partial charge in [-0.1, -0.05) is 114 Å². The lowest BCUT2D eigenvalue weighted by molar-refractivity contribution is -0.305. The minimum absolute atomic E-state index is 0.213. The first-order chi connectivity index (χ1) is 24.8. The molecule has 0 saturated carbocycles. The van der Waals surface area contributed by atoms with Gasteiger partial charge in [0.25, 0.3) is 0 Å². The molecule has 10 heteroatoms. The van der Waals surface area contributed by atoms with Gasteiger partial charge >= 0.3 is 11.9 Å². The second-order valence-electron chi connectivity index (χ2n) is 13.3. The summed E-state index contributed by atoms with van der Waals surface area (Å²) in [5.41, 5.74) is 0. The third-order valence-electron chi connectivity index (χ3n) is 8.70. The van der Waals surface area contributed by atoms with E-state index in [1.165, 1.54) is 12.8 Å². The molecule has 0 aliphatic carbocycles. The Morgan fingerprint density at radius 3 is 1.76 bits per heavy atom. The molecule has 10 nitrogen and oxygen atoms in total. The highest BCUT2D eigenvalue weighted by atomic mass is 16.7. The summed E-state index contributed by atoms with van der Waals surface area (Å²) in [5.74, 6) is -0.844. The molecule has 51 heavy (non-hydrogen) atoms. The molecule has 294 valence electrons. The van der Waals surface area contributed by atoms with Crippen LogP contribution in [0.3, 0.4) is 0 Å². The van der Waals surface area contributed by atoms with Crippen LogP contribution in [0.25, 0.3) is 0 Å². The third kappa shape index (κ3) is 24.5. The maximum Gasteiger partial charge on any atom is 0.306 e. The summed E-state index contributed by atoms with van der Waals surface area (Å²) in [6.45, 7) is 3.21. The topological polar surface area (TPSA) is 152 Å². The van der Waals surface area contributed by atoms with Gasteiger partial charge in [0.1, 0.15) is 31.0 Å². The molecule has 1 saturated heterocycles. The zero-order valence-electron chi connectivity index (χ0n) is 31.6. The molecule has 1 heterocycles. The highest BCUT2D eigenvalue weighted by Crippen LogP contribution is 2.22. The van der Waals surface area contributed by atoms with E-state index in [4.69, 9.17) is 18.9 Å². The number of rotatable bonds is 31. The predicted octanol–water partition coefficient (Wildman–Crippen LogP) is 7.32. The smallest absolute Gasteiger partial charge is 0.306 e. The van der Waals surface area contributed by atoms with Gasteiger partial charge in [-0.3, -0.25) is 9.59 Å². The molecule has 0 bridgehead atoms. The van der Waals surface area contributed by atoms with Crippen molar-refractivity contribution in [3.05, 3.63) is 48.6 Å². The summed E-state index contributed by atoms with van der Waals surface area (Å²) < 4.78 is 22.0. The number of carbonyl (C=O) groups is 2. The molecule has 0 aromatic rings. The van der Waals surface area contributed by atoms with E-state index in [1.807, 2.05) is 0 Å². The molecule has 0 amide bonds. The van der Waals surface area contributed by atoms with Gasteiger partial charge in [-0.05, 0) is 64.2 Å². The Morgan fingerprint density at radius 1 is 0.627 bits per heavy atom. The number of unbranched alkanes of at least 4 members (excludes halogenated alkanes) is 12. The Bertz CT molecular complexity index is 975. The number of ether oxygens (including phenoxy) is 4. The van der Waals surface area contributed by atoms with Gasteiger partial charge in [-0.15, -0.1) is 0 Å². The van der Waals surface area contributed by atoms with Gasteiger partial charge in [0.2, 0.25) is 0 Å². The minimum atomic E-state index is -1.60. The van der Waals surface area contributed by atoms with Crippen LogP contribution in [0.1, 0.15) is 142 Å². The van der Waals surface area contributed by atoms with Gasteiger partial charge < -0.3 is 39.4 Å². The van der Waals surface area contributed by atoms with E-state index >= 15 is 0 Å². The van der Waals surface area contributed by atoms with E-state index in [1.54, 1.807) is 0 Å². The number of carbonyl (C=O) groups excluding carboxylic acids is 2. The minimum Gasteiger partial charge on any atom is -0.462 e. The van der Waals surface area contributed by atoms with E-state index in [9.17, 15) is 30.0 Å². The molecule has 1 aliphatic rings. The molecule has 1 aliphatic heterocycles. The van der Waals surface area contributed by atoms with Crippen molar-refractivity contribution in [2.45, 2.75) is 179 Å². The van der Waals surface area contributed by atoms with Crippen molar-refractivity contribution in [2.75, 3.05) is 19.8 Å². The SMILES string of the molecule is CC/C=C/C/C=C/C/C=C/CCCCCCCC(=O)OC[C@@H](CO[C@H]1O[C@@H](CO)[C@@H](O)C(O)C1O)OC(=O)CCCCCCC/C=C/CCCC. The number of aliphatic hydroxyl groups is 4. The van der Waals surface area contributed by atoms with E-state index < -0.39 is 55.4 Å². The lowest BCUT2D eigenvalue weighted by Gasteiger charge is -2.39. The Morgan fingerprint density at radius 2 is 1.16 bits per heavy atom. The van der Waals surface area contributed by atoms with E-state index in [2.05, 4.69) is 62.5 Å². The van der Waals surface area contributed by atoms with Crippen LogP contribution >= 0.6 is 0 Å². The van der Waals surface area contributed by atoms with Crippen LogP contribution in [0.2, 0.25) is 0 Å². The van der Waals surface area contributed by atoms with Crippen LogP contribution in [0, 0.1) is 0 Å². The van der Waals surface area contributed by atoms with Gasteiger partial charge in [0.15, 0.2) is 12.4 Å². The lowest BCUT2D eigenvalue weighted by Crippen LogP contribution is -2.59. The third-order valence-corrected chi connectivity index (χ3v) is 8.70. The summed E-state index contributed by atoms with van der Waals surface area (Å²) in [5, 5.41) is 39.9. The van der Waals surface area contributed by atoms with Crippen LogP contribution in [-0.4, -0.2) is 89.0 Å². The molecular weight excluding hydrogens is 652 g/mol. The first-order valence-corrected chi connectivity index (χ1v) is 19.7. The Kier molecular flexibility index (Phi) is 29.6. The van der Waals surface area contributed by atoms with E-state index in [0.29, 0.717) is 12.8 Å². The highest BCUT2D eigenvalue weighted by Gasteiger charge is 2.44. The maximum atomic E-state index is 12.7. The van der Waals surface area contributed by atoms with Crippen molar-refractivity contribution in [3.63, 3.8) is 0 Å². The molecule has 0 spiro atoms. The fourth-order valence-electron chi connectivity index (χ4n) is 5.53. The van der Waals surface area contributed by atoms with Crippen molar-refractivity contribution in [3.8, 4) is 0 Å². The second kappa shape index (κ2) is 32.3. The summed E-state index contributed by atoms with van der Waals surface area (Å²) in [6.07, 6.45) is 28.4. The molecule has 2 unspecified atom stereocenters. The van der Waals surface area contributed by atoms with Crippen LogP contribution in [0.5, 0.6) is 0 Å². The van der Waals surface area contributed by atoms with Gasteiger partial charge in [-0.2, -0.15) is 0 Å². The number of allylic oxidation sites excluding steroid dienone is 8. The van der Waals surface area contributed by atoms with Gasteiger partial charge in [0, 0.05) is 12.8 Å². The molecule has 6 atom stereocenters. The number of hydrogen-bond donors (Lipinski definition) is 4. The average Bonchev–Trinajstić information content (AvgIpc) is 3.13. The first-order valence-electron chi connectivity index (χ1n) is 19.7. The molecule has 0 aromatic carbocycles. The van der Waals surface area contributed by atoms with Crippen LogP contribution in [0.4, 0.5) is 0 Å². The lowest BCUT2D eigenvalue weighted by atomic mass is 9.99. The van der Waals surface area contributed by atoms with Crippen molar-refractivity contribution < 1.29 is 49.0 Å². The molecule has 1 fully saturated rings. The van der Waals surface area contributed by atoms with Crippen molar-refractivity contribution >= 4 is 11.9 Å². The molecule has 0 aromatic heterocycles. The highest BCUT2D eigenvalue weighted by molar-refractivity contribution is 5.70. The van der Waals surface area contributed by atoms with E-state index in [0.717, 1.165) is 89.9 Å². The van der Waals surface area contributed by atoms with Crippen LogP contribution < -0.4 is 0 Å². The Labute approximate surface area is 308 Å². The standard InChI is InChI=1S/C41H70O10/c1-3-5-7-9-11-13-15-16-17-18-20-21-23-25-27-29-36(43)48-32-34(33-49-41-40(47)39(46)38(45)35(31-42)51-41)50-37(44)30-28-26-24-22-19-14-12-10-8-6-4-2/h5,7,10-13,16-17,34-35,38-42,45-47H,3-4,6,8-9,14-15,18-33H2,1-2H3/b7-5+,12-10+,13-11+,17-16+/t34-,35-,38+,39?,40?,41-/m0/s1. The average molecular weight is 723 g/mol. The Balaban J connectivity index is 2.40. The summed E-state index contributed by atoms with van der Waals surface area (Å²) in [7, 11) is 0.